The Morgan fingerprint density at radius 3 is 2.78 bits per heavy atom. The van der Waals surface area contributed by atoms with Gasteiger partial charge in [-0.05, 0) is 18.9 Å². The van der Waals surface area contributed by atoms with Crippen LogP contribution in [0, 0.1) is 0 Å². The molecule has 1 N–H and O–H groups in total. The highest BCUT2D eigenvalue weighted by Gasteiger charge is 2.53. The van der Waals surface area contributed by atoms with Crippen molar-refractivity contribution in [2.45, 2.75) is 31.5 Å². The Bertz CT molecular complexity index is 712. The van der Waals surface area contributed by atoms with Crippen molar-refractivity contribution >= 4 is 18.3 Å². The van der Waals surface area contributed by atoms with E-state index in [1.807, 2.05) is 11.7 Å². The van der Waals surface area contributed by atoms with E-state index in [2.05, 4.69) is 20.4 Å². The van der Waals surface area contributed by atoms with Crippen LogP contribution >= 0.6 is 12.4 Å². The zero-order valence-electron chi connectivity index (χ0n) is 12.9. The van der Waals surface area contributed by atoms with Crippen LogP contribution < -0.4 is 5.32 Å². The minimum atomic E-state index is -0.352. The zero-order valence-corrected chi connectivity index (χ0v) is 13.7. The fourth-order valence-electron chi connectivity index (χ4n) is 3.10. The molecule has 4 rings (SSSR count). The SMILES string of the molecule is CN(C(=O)c1cnn2c1CNCC2)C1(c2ncccn2)CC1.Cl. The Kier molecular flexibility index (Phi) is 4.08. The molecule has 23 heavy (non-hydrogen) atoms. The van der Waals surface area contributed by atoms with Crippen LogP contribution in [0.15, 0.2) is 24.7 Å². The number of amides is 1. The van der Waals surface area contributed by atoms with Crippen molar-refractivity contribution in [1.29, 1.82) is 0 Å². The van der Waals surface area contributed by atoms with Crippen LogP contribution in [0.25, 0.3) is 0 Å². The first kappa shape index (κ1) is 15.9. The summed E-state index contributed by atoms with van der Waals surface area (Å²) in [4.78, 5) is 23.4. The van der Waals surface area contributed by atoms with Crippen LogP contribution in [-0.4, -0.2) is 44.1 Å². The summed E-state index contributed by atoms with van der Waals surface area (Å²) in [6, 6.07) is 1.79. The van der Waals surface area contributed by atoms with Crippen molar-refractivity contribution in [3.8, 4) is 0 Å². The van der Waals surface area contributed by atoms with Gasteiger partial charge < -0.3 is 10.2 Å². The normalized spacial score (nSPS) is 17.8. The molecule has 1 aliphatic heterocycles. The zero-order chi connectivity index (χ0) is 15.2. The predicted octanol–water partition coefficient (Wildman–Crippen LogP) is 0.959. The Balaban J connectivity index is 0.00000156. The number of carbonyl (C=O) groups is 1. The molecule has 8 heteroatoms. The molecule has 0 unspecified atom stereocenters. The van der Waals surface area contributed by atoms with E-state index in [4.69, 9.17) is 0 Å². The van der Waals surface area contributed by atoms with E-state index in [1.54, 1.807) is 29.6 Å². The van der Waals surface area contributed by atoms with Gasteiger partial charge in [0.2, 0.25) is 0 Å². The molecule has 0 saturated heterocycles. The molecule has 3 heterocycles. The van der Waals surface area contributed by atoms with Crippen LogP contribution in [0.1, 0.15) is 34.7 Å². The van der Waals surface area contributed by atoms with Gasteiger partial charge in [-0.25, -0.2) is 9.97 Å². The summed E-state index contributed by atoms with van der Waals surface area (Å²) in [6.45, 7) is 2.38. The highest BCUT2D eigenvalue weighted by atomic mass is 35.5. The van der Waals surface area contributed by atoms with Gasteiger partial charge >= 0.3 is 0 Å². The van der Waals surface area contributed by atoms with Crippen LogP contribution in [0.4, 0.5) is 0 Å². The lowest BCUT2D eigenvalue weighted by atomic mass is 10.1. The number of hydrogen-bond donors (Lipinski definition) is 1. The minimum Gasteiger partial charge on any atom is -0.329 e. The lowest BCUT2D eigenvalue weighted by Crippen LogP contribution is -2.39. The molecule has 0 bridgehead atoms. The molecule has 1 amide bonds. The number of halogens is 1. The Morgan fingerprint density at radius 2 is 2.09 bits per heavy atom. The number of rotatable bonds is 3. The fraction of sp³-hybridized carbons (Fsp3) is 0.467. The number of fused-ring (bicyclic) bond motifs is 1. The summed E-state index contributed by atoms with van der Waals surface area (Å²) < 4.78 is 1.91. The number of hydrogen-bond acceptors (Lipinski definition) is 5. The average molecular weight is 335 g/mol. The number of nitrogens with zero attached hydrogens (tertiary/aromatic N) is 5. The summed E-state index contributed by atoms with van der Waals surface area (Å²) in [6.07, 6.45) is 6.95. The Hall–Kier alpha value is -1.99. The van der Waals surface area contributed by atoms with E-state index in [1.165, 1.54) is 0 Å². The van der Waals surface area contributed by atoms with Crippen LogP contribution in [0.5, 0.6) is 0 Å². The van der Waals surface area contributed by atoms with Gasteiger partial charge in [0.05, 0.1) is 24.0 Å². The third-order valence-corrected chi connectivity index (χ3v) is 4.62. The van der Waals surface area contributed by atoms with Gasteiger partial charge in [0, 0.05) is 32.5 Å². The largest absolute Gasteiger partial charge is 0.329 e. The first-order valence-corrected chi connectivity index (χ1v) is 7.53. The molecule has 2 aromatic rings. The third kappa shape index (κ3) is 2.49. The second-order valence-corrected chi connectivity index (χ2v) is 5.87. The molecule has 0 spiro atoms. The molecule has 1 saturated carbocycles. The summed E-state index contributed by atoms with van der Waals surface area (Å²) >= 11 is 0. The third-order valence-electron chi connectivity index (χ3n) is 4.62. The molecule has 0 atom stereocenters. The topological polar surface area (TPSA) is 75.9 Å². The molecule has 1 fully saturated rings. The van der Waals surface area contributed by atoms with Crippen molar-refractivity contribution < 1.29 is 4.79 Å². The van der Waals surface area contributed by atoms with Crippen molar-refractivity contribution in [1.82, 2.24) is 30.0 Å². The maximum atomic E-state index is 12.9. The van der Waals surface area contributed by atoms with Gasteiger partial charge in [-0.1, -0.05) is 0 Å². The summed E-state index contributed by atoms with van der Waals surface area (Å²) in [5.74, 6) is 0.722. The van der Waals surface area contributed by atoms with Crippen molar-refractivity contribution in [3.63, 3.8) is 0 Å². The molecule has 1 aliphatic carbocycles. The van der Waals surface area contributed by atoms with E-state index in [-0.39, 0.29) is 23.9 Å². The van der Waals surface area contributed by atoms with Crippen LogP contribution in [-0.2, 0) is 18.6 Å². The molecule has 2 aliphatic rings. The Labute approximate surface area is 140 Å². The Morgan fingerprint density at radius 1 is 1.35 bits per heavy atom. The number of aromatic nitrogens is 4. The number of carbonyl (C=O) groups excluding carboxylic acids is 1. The predicted molar refractivity (Wildman–Crippen MR) is 86.2 cm³/mol. The molecule has 2 aromatic heterocycles. The van der Waals surface area contributed by atoms with Crippen molar-refractivity contribution in [2.24, 2.45) is 0 Å². The van der Waals surface area contributed by atoms with E-state index >= 15 is 0 Å². The highest BCUT2D eigenvalue weighted by molar-refractivity contribution is 5.95. The molecule has 7 nitrogen and oxygen atoms in total. The van der Waals surface area contributed by atoms with E-state index in [0.29, 0.717) is 12.1 Å². The highest BCUT2D eigenvalue weighted by Crippen LogP contribution is 2.49. The van der Waals surface area contributed by atoms with Crippen LogP contribution in [0.2, 0.25) is 0 Å². The quantitative estimate of drug-likeness (QED) is 0.904. The lowest BCUT2D eigenvalue weighted by Gasteiger charge is -2.27. The minimum absolute atomic E-state index is 0. The monoisotopic (exact) mass is 334 g/mol. The maximum absolute atomic E-state index is 12.9. The lowest BCUT2D eigenvalue weighted by molar-refractivity contribution is 0.0694. The molecular formula is C15H19ClN6O. The number of nitrogens with one attached hydrogen (secondary N) is 1. The van der Waals surface area contributed by atoms with Crippen molar-refractivity contribution in [3.05, 3.63) is 41.7 Å². The van der Waals surface area contributed by atoms with Crippen molar-refractivity contribution in [2.75, 3.05) is 13.6 Å². The molecule has 0 aromatic carbocycles. The second-order valence-electron chi connectivity index (χ2n) is 5.87. The fourth-order valence-corrected chi connectivity index (χ4v) is 3.10. The van der Waals surface area contributed by atoms with Gasteiger partial charge in [0.1, 0.15) is 5.54 Å². The van der Waals surface area contributed by atoms with Gasteiger partial charge in [-0.2, -0.15) is 5.10 Å². The van der Waals surface area contributed by atoms with Gasteiger partial charge in [0.15, 0.2) is 5.82 Å². The molecular weight excluding hydrogens is 316 g/mol. The summed E-state index contributed by atoms with van der Waals surface area (Å²) in [5.41, 5.74) is 1.29. The van der Waals surface area contributed by atoms with Gasteiger partial charge in [-0.15, -0.1) is 12.4 Å². The molecule has 122 valence electrons. The first-order valence-electron chi connectivity index (χ1n) is 7.53. The summed E-state index contributed by atoms with van der Waals surface area (Å²) in [5, 5.41) is 7.62. The van der Waals surface area contributed by atoms with Crippen LogP contribution in [0.3, 0.4) is 0 Å². The van der Waals surface area contributed by atoms with E-state index < -0.39 is 0 Å². The van der Waals surface area contributed by atoms with E-state index in [9.17, 15) is 4.79 Å². The summed E-state index contributed by atoms with van der Waals surface area (Å²) in [7, 11) is 1.84. The van der Waals surface area contributed by atoms with E-state index in [0.717, 1.165) is 37.4 Å². The van der Waals surface area contributed by atoms with Gasteiger partial charge in [-0.3, -0.25) is 9.48 Å². The smallest absolute Gasteiger partial charge is 0.257 e. The standard InChI is InChI=1S/C15H18N6O.ClH/c1-20(15(3-4-15)14-17-5-2-6-18-14)13(22)11-9-19-21-8-7-16-10-12(11)21;/h2,5-6,9,16H,3-4,7-8,10H2,1H3;1H. The average Bonchev–Trinajstić information content (AvgIpc) is 3.28. The van der Waals surface area contributed by atoms with Gasteiger partial charge in [0.25, 0.3) is 5.91 Å². The second kappa shape index (κ2) is 5.90. The first-order chi connectivity index (χ1) is 10.7. The molecule has 0 radical (unpaired) electrons. The maximum Gasteiger partial charge on any atom is 0.257 e.